The van der Waals surface area contributed by atoms with E-state index < -0.39 is 0 Å². The molecule has 0 bridgehead atoms. The largest absolute Gasteiger partial charge is 0.349 e. The summed E-state index contributed by atoms with van der Waals surface area (Å²) in [4.78, 5) is 4.47. The van der Waals surface area contributed by atoms with Crippen molar-refractivity contribution >= 4 is 17.5 Å². The van der Waals surface area contributed by atoms with E-state index >= 15 is 0 Å². The highest BCUT2D eigenvalue weighted by Gasteiger charge is 2.03. The van der Waals surface area contributed by atoms with Gasteiger partial charge in [0.2, 0.25) is 5.95 Å². The van der Waals surface area contributed by atoms with Gasteiger partial charge in [-0.1, -0.05) is 55.8 Å². The zero-order chi connectivity index (χ0) is 17.6. The summed E-state index contributed by atoms with van der Waals surface area (Å²) >= 11 is 0. The number of aromatic nitrogens is 3. The third kappa shape index (κ3) is 4.76. The van der Waals surface area contributed by atoms with Crippen molar-refractivity contribution in [3.05, 3.63) is 71.4 Å². The molecule has 0 amide bonds. The second-order valence-electron chi connectivity index (χ2n) is 6.41. The fourth-order valence-electron chi connectivity index (χ4n) is 2.54. The van der Waals surface area contributed by atoms with Crippen LogP contribution in [0.5, 0.6) is 0 Å². The zero-order valence-electron chi connectivity index (χ0n) is 14.8. The number of nitrogens with zero attached hydrogens (tertiary/aromatic N) is 3. The molecular formula is C20H23N5. The minimum absolute atomic E-state index is 0.505. The van der Waals surface area contributed by atoms with Gasteiger partial charge in [-0.25, -0.2) is 0 Å². The predicted molar refractivity (Wildman–Crippen MR) is 102 cm³/mol. The van der Waals surface area contributed by atoms with E-state index in [1.165, 1.54) is 16.7 Å². The van der Waals surface area contributed by atoms with Crippen LogP contribution in [0.1, 0.15) is 36.5 Å². The summed E-state index contributed by atoms with van der Waals surface area (Å²) in [6.45, 7) is 7.11. The number of aryl methyl sites for hydroxylation is 1. The lowest BCUT2D eigenvalue weighted by Gasteiger charge is -2.10. The van der Waals surface area contributed by atoms with E-state index in [0.717, 1.165) is 5.69 Å². The zero-order valence-corrected chi connectivity index (χ0v) is 14.8. The van der Waals surface area contributed by atoms with Gasteiger partial charge in [-0.2, -0.15) is 10.1 Å². The van der Waals surface area contributed by atoms with Crippen molar-refractivity contribution in [1.29, 1.82) is 0 Å². The molecule has 0 aliphatic heterocycles. The molecule has 25 heavy (non-hydrogen) atoms. The van der Waals surface area contributed by atoms with E-state index in [2.05, 4.69) is 89.1 Å². The average Bonchev–Trinajstić information content (AvgIpc) is 2.61. The summed E-state index contributed by atoms with van der Waals surface area (Å²) in [6.07, 6.45) is 1.62. The molecule has 1 heterocycles. The fourth-order valence-corrected chi connectivity index (χ4v) is 2.54. The van der Waals surface area contributed by atoms with Crippen LogP contribution in [0, 0.1) is 6.92 Å². The minimum Gasteiger partial charge on any atom is -0.349 e. The molecule has 0 atom stereocenters. The molecule has 0 saturated carbocycles. The van der Waals surface area contributed by atoms with E-state index in [-0.39, 0.29) is 0 Å². The van der Waals surface area contributed by atoms with Gasteiger partial charge in [0.1, 0.15) is 0 Å². The third-order valence-corrected chi connectivity index (χ3v) is 3.94. The Kier molecular flexibility index (Phi) is 5.23. The second-order valence-corrected chi connectivity index (χ2v) is 6.41. The molecule has 0 saturated heterocycles. The summed E-state index contributed by atoms with van der Waals surface area (Å²) in [6, 6.07) is 16.7. The van der Waals surface area contributed by atoms with E-state index in [1.807, 2.05) is 6.07 Å². The SMILES string of the molecule is Cc1cccc(CNc2nncc(Nc3ccc(C(C)C)cc3)n2)c1. The first-order chi connectivity index (χ1) is 12.1. The van der Waals surface area contributed by atoms with Gasteiger partial charge in [0.25, 0.3) is 0 Å². The van der Waals surface area contributed by atoms with Crippen LogP contribution in [-0.2, 0) is 6.54 Å². The van der Waals surface area contributed by atoms with Crippen molar-refractivity contribution in [3.63, 3.8) is 0 Å². The number of benzene rings is 2. The first-order valence-electron chi connectivity index (χ1n) is 8.46. The number of anilines is 3. The minimum atomic E-state index is 0.505. The molecule has 0 unspecified atom stereocenters. The van der Waals surface area contributed by atoms with Crippen LogP contribution in [0.25, 0.3) is 0 Å². The van der Waals surface area contributed by atoms with Gasteiger partial charge in [-0.15, -0.1) is 5.10 Å². The summed E-state index contributed by atoms with van der Waals surface area (Å²) in [5.74, 6) is 1.69. The van der Waals surface area contributed by atoms with Crippen LogP contribution < -0.4 is 10.6 Å². The Bertz CT molecular complexity index is 827. The highest BCUT2D eigenvalue weighted by Crippen LogP contribution is 2.19. The number of rotatable bonds is 6. The van der Waals surface area contributed by atoms with Gasteiger partial charge < -0.3 is 10.6 Å². The molecule has 0 aliphatic carbocycles. The molecule has 1 aromatic heterocycles. The average molecular weight is 333 g/mol. The molecule has 2 N–H and O–H groups in total. The molecule has 2 aromatic carbocycles. The Morgan fingerprint density at radius 3 is 2.56 bits per heavy atom. The highest BCUT2D eigenvalue weighted by molar-refractivity contribution is 5.56. The molecular weight excluding hydrogens is 310 g/mol. The van der Waals surface area contributed by atoms with Gasteiger partial charge in [0, 0.05) is 12.2 Å². The molecule has 0 fully saturated rings. The van der Waals surface area contributed by atoms with Gasteiger partial charge in [-0.05, 0) is 36.1 Å². The Labute approximate surface area is 148 Å². The van der Waals surface area contributed by atoms with Crippen LogP contribution in [0.15, 0.2) is 54.7 Å². The fraction of sp³-hybridized carbons (Fsp3) is 0.250. The van der Waals surface area contributed by atoms with Crippen LogP contribution in [-0.4, -0.2) is 15.2 Å². The normalized spacial score (nSPS) is 10.7. The molecule has 3 aromatic rings. The lowest BCUT2D eigenvalue weighted by molar-refractivity contribution is 0.867. The van der Waals surface area contributed by atoms with Gasteiger partial charge >= 0.3 is 0 Å². The molecule has 0 spiro atoms. The third-order valence-electron chi connectivity index (χ3n) is 3.94. The van der Waals surface area contributed by atoms with Gasteiger partial charge in [-0.3, -0.25) is 0 Å². The first kappa shape index (κ1) is 16.9. The maximum Gasteiger partial charge on any atom is 0.244 e. The van der Waals surface area contributed by atoms with E-state index in [0.29, 0.717) is 24.2 Å². The van der Waals surface area contributed by atoms with Crippen molar-refractivity contribution in [2.45, 2.75) is 33.2 Å². The lowest BCUT2D eigenvalue weighted by Crippen LogP contribution is -2.06. The maximum absolute atomic E-state index is 4.47. The molecule has 5 nitrogen and oxygen atoms in total. The van der Waals surface area contributed by atoms with Gasteiger partial charge in [0.05, 0.1) is 6.20 Å². The highest BCUT2D eigenvalue weighted by atomic mass is 15.3. The quantitative estimate of drug-likeness (QED) is 0.687. The first-order valence-corrected chi connectivity index (χ1v) is 8.46. The Morgan fingerprint density at radius 1 is 1.04 bits per heavy atom. The van der Waals surface area contributed by atoms with Crippen molar-refractivity contribution in [2.24, 2.45) is 0 Å². The smallest absolute Gasteiger partial charge is 0.244 e. The summed E-state index contributed by atoms with van der Waals surface area (Å²) in [5, 5.41) is 14.5. The van der Waals surface area contributed by atoms with Crippen molar-refractivity contribution in [2.75, 3.05) is 10.6 Å². The van der Waals surface area contributed by atoms with E-state index in [9.17, 15) is 0 Å². The van der Waals surface area contributed by atoms with Crippen LogP contribution in [0.3, 0.4) is 0 Å². The van der Waals surface area contributed by atoms with Crippen LogP contribution in [0.4, 0.5) is 17.5 Å². The Hall–Kier alpha value is -2.95. The number of hydrogen-bond acceptors (Lipinski definition) is 5. The Morgan fingerprint density at radius 2 is 1.84 bits per heavy atom. The second kappa shape index (κ2) is 7.75. The maximum atomic E-state index is 4.47. The van der Waals surface area contributed by atoms with Crippen molar-refractivity contribution in [3.8, 4) is 0 Å². The van der Waals surface area contributed by atoms with Crippen molar-refractivity contribution in [1.82, 2.24) is 15.2 Å². The summed E-state index contributed by atoms with van der Waals surface area (Å²) in [5.41, 5.74) is 4.71. The molecule has 5 heteroatoms. The monoisotopic (exact) mass is 333 g/mol. The van der Waals surface area contributed by atoms with Crippen molar-refractivity contribution < 1.29 is 0 Å². The number of hydrogen-bond donors (Lipinski definition) is 2. The Balaban J connectivity index is 1.64. The van der Waals surface area contributed by atoms with Crippen LogP contribution in [0.2, 0.25) is 0 Å². The molecule has 0 aliphatic rings. The topological polar surface area (TPSA) is 62.7 Å². The van der Waals surface area contributed by atoms with Crippen LogP contribution >= 0.6 is 0 Å². The van der Waals surface area contributed by atoms with Gasteiger partial charge in [0.15, 0.2) is 5.82 Å². The molecule has 0 radical (unpaired) electrons. The summed E-state index contributed by atoms with van der Waals surface area (Å²) in [7, 11) is 0. The number of nitrogens with one attached hydrogen (secondary N) is 2. The standard InChI is InChI=1S/C20H23N5/c1-14(2)17-7-9-18(10-8-17)23-19-13-22-25-20(24-19)21-12-16-6-4-5-15(3)11-16/h4-11,13-14H,12H2,1-3H3,(H2,21,23,24,25). The predicted octanol–water partition coefficient (Wildman–Crippen LogP) is 4.66. The molecule has 128 valence electrons. The van der Waals surface area contributed by atoms with E-state index in [1.54, 1.807) is 6.20 Å². The molecule has 3 rings (SSSR count). The summed E-state index contributed by atoms with van der Waals surface area (Å²) < 4.78 is 0. The lowest BCUT2D eigenvalue weighted by atomic mass is 10.0. The van der Waals surface area contributed by atoms with E-state index in [4.69, 9.17) is 0 Å².